The van der Waals surface area contributed by atoms with E-state index < -0.39 is 15.0 Å². The summed E-state index contributed by atoms with van der Waals surface area (Å²) in [6.07, 6.45) is 6.24. The van der Waals surface area contributed by atoms with E-state index in [0.717, 1.165) is 0 Å². The fraction of sp³-hybridized carbons (Fsp3) is 0.273. The Balaban J connectivity index is 3.00. The maximum Gasteiger partial charge on any atom is 0.270 e. The van der Waals surface area contributed by atoms with Gasteiger partial charge in [0.15, 0.2) is 0 Å². The highest BCUT2D eigenvalue weighted by atomic mass is 32.3. The van der Waals surface area contributed by atoms with Crippen molar-refractivity contribution in [3.8, 4) is 11.2 Å². The predicted molar refractivity (Wildman–Crippen MR) is 65.3 cm³/mol. The van der Waals surface area contributed by atoms with Crippen molar-refractivity contribution in [2.24, 2.45) is 0 Å². The molecular weight excluding hydrogens is 210 g/mol. The minimum atomic E-state index is -0.886. The van der Waals surface area contributed by atoms with Gasteiger partial charge in [0.2, 0.25) is 0 Å². The second-order valence-corrected chi connectivity index (χ2v) is 7.75. The Bertz CT molecular complexity index is 438. The molecule has 1 aromatic carbocycles. The van der Waals surface area contributed by atoms with Gasteiger partial charge in [0, 0.05) is 17.7 Å². The van der Waals surface area contributed by atoms with E-state index in [0.29, 0.717) is 5.56 Å². The molecule has 0 unspecified atom stereocenters. The van der Waals surface area contributed by atoms with Gasteiger partial charge >= 0.3 is 0 Å². The number of nitro groups is 1. The molecule has 1 rings (SSSR count). The lowest BCUT2D eigenvalue weighted by Crippen LogP contribution is -1.88. The van der Waals surface area contributed by atoms with Crippen LogP contribution in [0.25, 0.3) is 0 Å². The number of hydrogen-bond donors (Lipinski definition) is 0. The lowest BCUT2D eigenvalue weighted by molar-refractivity contribution is -0.384. The zero-order valence-corrected chi connectivity index (χ0v) is 9.80. The maximum absolute atomic E-state index is 10.5. The van der Waals surface area contributed by atoms with Gasteiger partial charge in [-0.1, -0.05) is 12.0 Å². The van der Waals surface area contributed by atoms with Crippen LogP contribution in [0.4, 0.5) is 5.69 Å². The zero-order chi connectivity index (χ0) is 11.5. The molecule has 0 amide bonds. The summed E-state index contributed by atoms with van der Waals surface area (Å²) in [5.41, 5.74) is 0.789. The molecule has 1 aromatic rings. The molecule has 15 heavy (non-hydrogen) atoms. The summed E-state index contributed by atoms with van der Waals surface area (Å²) < 4.78 is 0. The van der Waals surface area contributed by atoms with Gasteiger partial charge in [-0.15, -0.1) is 0 Å². The number of hydrogen-bond acceptors (Lipinski definition) is 2. The van der Waals surface area contributed by atoms with Crippen LogP contribution in [0, 0.1) is 21.3 Å². The SMILES string of the molecule is CS(C)(C)C#Cc1cccc([N+](=O)[O-])c1. The lowest BCUT2D eigenvalue weighted by Gasteiger charge is -2.14. The van der Waals surface area contributed by atoms with Gasteiger partial charge in [-0.3, -0.25) is 10.1 Å². The molecular formula is C11H13NO2S. The first kappa shape index (κ1) is 11.6. The number of nitro benzene ring substituents is 1. The van der Waals surface area contributed by atoms with E-state index in [2.05, 4.69) is 29.9 Å². The molecule has 0 aromatic heterocycles. The molecule has 0 radical (unpaired) electrons. The first-order valence-corrected chi connectivity index (χ1v) is 7.20. The van der Waals surface area contributed by atoms with Gasteiger partial charge in [0.1, 0.15) is 0 Å². The molecule has 0 aliphatic rings. The summed E-state index contributed by atoms with van der Waals surface area (Å²) in [6.45, 7) is 0. The van der Waals surface area contributed by atoms with Crippen molar-refractivity contribution in [2.45, 2.75) is 0 Å². The molecule has 3 nitrogen and oxygen atoms in total. The van der Waals surface area contributed by atoms with Crippen LogP contribution in [0.1, 0.15) is 5.56 Å². The first-order valence-electron chi connectivity index (χ1n) is 4.34. The smallest absolute Gasteiger partial charge is 0.258 e. The molecule has 0 heterocycles. The van der Waals surface area contributed by atoms with Crippen LogP contribution in [0.5, 0.6) is 0 Å². The average Bonchev–Trinajstić information content (AvgIpc) is 2.14. The average molecular weight is 223 g/mol. The molecule has 0 saturated heterocycles. The van der Waals surface area contributed by atoms with Crippen molar-refractivity contribution < 1.29 is 4.92 Å². The summed E-state index contributed by atoms with van der Waals surface area (Å²) in [6, 6.07) is 6.40. The van der Waals surface area contributed by atoms with E-state index in [4.69, 9.17) is 0 Å². The number of nitrogens with zero attached hydrogens (tertiary/aromatic N) is 1. The summed E-state index contributed by atoms with van der Waals surface area (Å²) in [7, 11) is -0.886. The number of benzene rings is 1. The molecule has 0 fully saturated rings. The molecule has 0 N–H and O–H groups in total. The normalized spacial score (nSPS) is 11.4. The Morgan fingerprint density at radius 3 is 2.53 bits per heavy atom. The second-order valence-electron chi connectivity index (χ2n) is 3.87. The van der Waals surface area contributed by atoms with Crippen LogP contribution in [0.15, 0.2) is 24.3 Å². The molecule has 0 spiro atoms. The van der Waals surface area contributed by atoms with Gasteiger partial charge in [-0.2, -0.15) is 10.0 Å². The van der Waals surface area contributed by atoms with Crippen molar-refractivity contribution in [3.05, 3.63) is 39.9 Å². The third kappa shape index (κ3) is 4.05. The highest BCUT2D eigenvalue weighted by Crippen LogP contribution is 2.32. The molecule has 0 aliphatic heterocycles. The van der Waals surface area contributed by atoms with E-state index in [1.807, 2.05) is 0 Å². The highest BCUT2D eigenvalue weighted by Gasteiger charge is 2.04. The van der Waals surface area contributed by atoms with Crippen LogP contribution in [-0.2, 0) is 0 Å². The lowest BCUT2D eigenvalue weighted by atomic mass is 10.2. The van der Waals surface area contributed by atoms with Crippen molar-refractivity contribution in [2.75, 3.05) is 18.8 Å². The third-order valence-corrected chi connectivity index (χ3v) is 2.27. The second kappa shape index (κ2) is 4.37. The molecule has 4 heteroatoms. The van der Waals surface area contributed by atoms with E-state index in [-0.39, 0.29) is 5.69 Å². The standard InChI is InChI=1S/C11H13NO2S/c1-15(2,3)8-7-10-5-4-6-11(9-10)12(13)14/h4-6,9H,1-3H3. The van der Waals surface area contributed by atoms with Crippen molar-refractivity contribution in [1.82, 2.24) is 0 Å². The summed E-state index contributed by atoms with van der Waals surface area (Å²) in [5, 5.41) is 13.6. The van der Waals surface area contributed by atoms with Crippen LogP contribution in [-0.4, -0.2) is 23.7 Å². The number of rotatable bonds is 1. The quantitative estimate of drug-likeness (QED) is 0.417. The third-order valence-electron chi connectivity index (χ3n) is 1.56. The summed E-state index contributed by atoms with van der Waals surface area (Å²) >= 11 is 0. The minimum absolute atomic E-state index is 0.0886. The van der Waals surface area contributed by atoms with Crippen LogP contribution < -0.4 is 0 Å². The summed E-state index contributed by atoms with van der Waals surface area (Å²) in [4.78, 5) is 10.1. The first-order chi connectivity index (χ1) is 6.88. The maximum atomic E-state index is 10.5. The van der Waals surface area contributed by atoms with Crippen molar-refractivity contribution >= 4 is 15.7 Å². The Morgan fingerprint density at radius 2 is 2.00 bits per heavy atom. The highest BCUT2D eigenvalue weighted by molar-refractivity contribution is 8.35. The Hall–Kier alpha value is -1.47. The van der Waals surface area contributed by atoms with Gasteiger partial charge in [0.05, 0.1) is 4.92 Å². The molecule has 0 bridgehead atoms. The molecule has 0 atom stereocenters. The predicted octanol–water partition coefficient (Wildman–Crippen LogP) is 2.60. The molecule has 0 aliphatic carbocycles. The zero-order valence-electron chi connectivity index (χ0n) is 8.98. The summed E-state index contributed by atoms with van der Waals surface area (Å²) in [5.74, 6) is 2.96. The number of non-ortho nitro benzene ring substituents is 1. The van der Waals surface area contributed by atoms with E-state index in [1.165, 1.54) is 12.1 Å². The van der Waals surface area contributed by atoms with Crippen molar-refractivity contribution in [3.63, 3.8) is 0 Å². The van der Waals surface area contributed by atoms with Gasteiger partial charge in [-0.25, -0.2) is 0 Å². The Kier molecular flexibility index (Phi) is 3.38. The topological polar surface area (TPSA) is 43.1 Å². The van der Waals surface area contributed by atoms with Gasteiger partial charge in [-0.05, 0) is 30.1 Å². The van der Waals surface area contributed by atoms with E-state index in [1.54, 1.807) is 12.1 Å². The van der Waals surface area contributed by atoms with Gasteiger partial charge < -0.3 is 0 Å². The van der Waals surface area contributed by atoms with E-state index >= 15 is 0 Å². The fourth-order valence-electron chi connectivity index (χ4n) is 0.909. The monoisotopic (exact) mass is 223 g/mol. The van der Waals surface area contributed by atoms with Crippen LogP contribution >= 0.6 is 10.0 Å². The molecule has 80 valence electrons. The fourth-order valence-corrected chi connectivity index (χ4v) is 1.33. The minimum Gasteiger partial charge on any atom is -0.258 e. The van der Waals surface area contributed by atoms with Crippen LogP contribution in [0.2, 0.25) is 0 Å². The van der Waals surface area contributed by atoms with Crippen molar-refractivity contribution in [1.29, 1.82) is 0 Å². The van der Waals surface area contributed by atoms with Gasteiger partial charge in [0.25, 0.3) is 5.69 Å². The molecule has 0 saturated carbocycles. The Labute approximate surface area is 91.0 Å². The van der Waals surface area contributed by atoms with Crippen LogP contribution in [0.3, 0.4) is 0 Å². The Morgan fingerprint density at radius 1 is 1.33 bits per heavy atom. The largest absolute Gasteiger partial charge is 0.270 e. The van der Waals surface area contributed by atoms with E-state index in [9.17, 15) is 10.1 Å².